The van der Waals surface area contributed by atoms with E-state index in [9.17, 15) is 17.6 Å². The molecule has 2 aliphatic rings. The predicted octanol–water partition coefficient (Wildman–Crippen LogP) is 5.13. The first-order valence-corrected chi connectivity index (χ1v) is 14.0. The molecule has 0 spiro atoms. The van der Waals surface area contributed by atoms with E-state index in [0.717, 1.165) is 24.8 Å². The molecule has 3 aromatic rings. The van der Waals surface area contributed by atoms with Crippen LogP contribution in [0.2, 0.25) is 0 Å². The third-order valence-corrected chi connectivity index (χ3v) is 9.40. The van der Waals surface area contributed by atoms with Crippen molar-refractivity contribution in [1.29, 1.82) is 0 Å². The Balaban J connectivity index is 1.33. The van der Waals surface area contributed by atoms with Crippen molar-refractivity contribution >= 4 is 21.7 Å². The van der Waals surface area contributed by atoms with Crippen molar-refractivity contribution in [3.8, 4) is 17.0 Å². The molecule has 1 N–H and O–H groups in total. The molecule has 2 heterocycles. The molecule has 194 valence electrons. The van der Waals surface area contributed by atoms with Crippen LogP contribution in [0.15, 0.2) is 65.6 Å². The Morgan fingerprint density at radius 3 is 2.57 bits per heavy atom. The highest BCUT2D eigenvalue weighted by Crippen LogP contribution is 2.49. The topological polar surface area (TPSA) is 88.6 Å². The summed E-state index contributed by atoms with van der Waals surface area (Å²) in [7, 11) is -2.14. The molecule has 1 saturated carbocycles. The minimum absolute atomic E-state index is 0.0517. The molecule has 1 aliphatic heterocycles. The standard InChI is InChI=1S/C28H30FN3O4S/c1-3-21-6-5-17-32(21)37(34,35)22-12-9-19(10-13-22)24-7-4-8-26(30-24)31-27(33)28(15-16-28)20-11-14-25(36-2)23(29)18-20/h4,7-14,18,21H,3,5-6,15-17H2,1-2H3,(H,30,31,33)/t21-/m0/s1. The molecule has 1 saturated heterocycles. The summed E-state index contributed by atoms with van der Waals surface area (Å²) in [6.45, 7) is 2.57. The highest BCUT2D eigenvalue weighted by molar-refractivity contribution is 7.89. The number of anilines is 1. The number of rotatable bonds is 8. The third-order valence-electron chi connectivity index (χ3n) is 7.43. The minimum atomic E-state index is -3.55. The highest BCUT2D eigenvalue weighted by Gasteiger charge is 2.51. The second-order valence-corrected chi connectivity index (χ2v) is 11.5. The summed E-state index contributed by atoms with van der Waals surface area (Å²) >= 11 is 0. The zero-order valence-corrected chi connectivity index (χ0v) is 21.7. The van der Waals surface area contributed by atoms with Gasteiger partial charge >= 0.3 is 0 Å². The van der Waals surface area contributed by atoms with Gasteiger partial charge in [0.05, 0.1) is 23.1 Å². The van der Waals surface area contributed by atoms with Gasteiger partial charge in [0.15, 0.2) is 11.6 Å². The van der Waals surface area contributed by atoms with Gasteiger partial charge in [-0.15, -0.1) is 0 Å². The maximum absolute atomic E-state index is 14.3. The summed E-state index contributed by atoms with van der Waals surface area (Å²) in [6.07, 6.45) is 3.82. The Kier molecular flexibility index (Phi) is 6.76. The number of amides is 1. The number of hydrogen-bond donors (Lipinski definition) is 1. The van der Waals surface area contributed by atoms with Gasteiger partial charge in [-0.05, 0) is 74.1 Å². The number of sulfonamides is 1. The van der Waals surface area contributed by atoms with Gasteiger partial charge in [-0.1, -0.05) is 31.2 Å². The Morgan fingerprint density at radius 1 is 1.16 bits per heavy atom. The number of carbonyl (C=O) groups is 1. The summed E-state index contributed by atoms with van der Waals surface area (Å²) < 4.78 is 47.1. The van der Waals surface area contributed by atoms with Gasteiger partial charge in [0.2, 0.25) is 15.9 Å². The third kappa shape index (κ3) is 4.73. The number of benzene rings is 2. The maximum Gasteiger partial charge on any atom is 0.243 e. The van der Waals surface area contributed by atoms with Gasteiger partial charge < -0.3 is 10.1 Å². The van der Waals surface area contributed by atoms with Crippen molar-refractivity contribution in [2.45, 2.75) is 55.4 Å². The van der Waals surface area contributed by atoms with Crippen LogP contribution in [0.1, 0.15) is 44.6 Å². The summed E-state index contributed by atoms with van der Waals surface area (Å²) in [5.74, 6) is -0.222. The van der Waals surface area contributed by atoms with Gasteiger partial charge in [0.1, 0.15) is 5.82 Å². The first kappa shape index (κ1) is 25.4. The maximum atomic E-state index is 14.3. The second kappa shape index (κ2) is 9.87. The number of aromatic nitrogens is 1. The van der Waals surface area contributed by atoms with E-state index in [1.54, 1.807) is 52.8 Å². The first-order chi connectivity index (χ1) is 17.8. The van der Waals surface area contributed by atoms with Gasteiger partial charge in [-0.3, -0.25) is 4.79 Å². The molecule has 0 radical (unpaired) electrons. The molecular weight excluding hydrogens is 493 g/mol. The molecule has 7 nitrogen and oxygen atoms in total. The molecule has 2 aromatic carbocycles. The van der Waals surface area contributed by atoms with Crippen molar-refractivity contribution in [3.63, 3.8) is 0 Å². The van der Waals surface area contributed by atoms with Crippen LogP contribution in [-0.4, -0.2) is 43.3 Å². The number of nitrogens with zero attached hydrogens (tertiary/aromatic N) is 2. The Labute approximate surface area is 216 Å². The van der Waals surface area contributed by atoms with Crippen LogP contribution in [0.4, 0.5) is 10.2 Å². The van der Waals surface area contributed by atoms with E-state index < -0.39 is 21.3 Å². The molecule has 0 bridgehead atoms. The number of pyridine rings is 1. The van der Waals surface area contributed by atoms with Crippen LogP contribution >= 0.6 is 0 Å². The lowest BCUT2D eigenvalue weighted by Gasteiger charge is -2.23. The molecule has 1 amide bonds. The molecule has 9 heteroatoms. The van der Waals surface area contributed by atoms with E-state index >= 15 is 0 Å². The lowest BCUT2D eigenvalue weighted by Crippen LogP contribution is -2.35. The largest absolute Gasteiger partial charge is 0.494 e. The first-order valence-electron chi connectivity index (χ1n) is 12.5. The molecule has 2 fully saturated rings. The summed E-state index contributed by atoms with van der Waals surface area (Å²) in [5, 5.41) is 2.88. The number of methoxy groups -OCH3 is 1. The minimum Gasteiger partial charge on any atom is -0.494 e. The molecular formula is C28H30FN3O4S. The van der Waals surface area contributed by atoms with Gasteiger partial charge in [-0.25, -0.2) is 17.8 Å². The fraction of sp³-hybridized carbons (Fsp3) is 0.357. The molecule has 0 unspecified atom stereocenters. The van der Waals surface area contributed by atoms with Crippen LogP contribution in [0.3, 0.4) is 0 Å². The fourth-order valence-electron chi connectivity index (χ4n) is 5.10. The number of carbonyl (C=O) groups excluding carboxylic acids is 1. The number of halogens is 1. The van der Waals surface area contributed by atoms with Crippen LogP contribution in [0, 0.1) is 5.82 Å². The van der Waals surface area contributed by atoms with E-state index in [-0.39, 0.29) is 22.6 Å². The number of ether oxygens (including phenoxy) is 1. The normalized spacial score (nSPS) is 18.9. The highest BCUT2D eigenvalue weighted by atomic mass is 32.2. The monoisotopic (exact) mass is 523 g/mol. The van der Waals surface area contributed by atoms with E-state index in [2.05, 4.69) is 10.3 Å². The van der Waals surface area contributed by atoms with Crippen LogP contribution in [0.25, 0.3) is 11.3 Å². The van der Waals surface area contributed by atoms with Crippen LogP contribution in [0.5, 0.6) is 5.75 Å². The Bertz CT molecular complexity index is 1420. The van der Waals surface area contributed by atoms with E-state index in [1.165, 1.54) is 19.2 Å². The average molecular weight is 524 g/mol. The predicted molar refractivity (Wildman–Crippen MR) is 139 cm³/mol. The lowest BCUT2D eigenvalue weighted by atomic mass is 9.94. The fourth-order valence-corrected chi connectivity index (χ4v) is 6.87. The molecule has 5 rings (SSSR count). The Morgan fingerprint density at radius 2 is 1.92 bits per heavy atom. The summed E-state index contributed by atoms with van der Waals surface area (Å²) in [4.78, 5) is 18.0. The van der Waals surface area contributed by atoms with Crippen molar-refractivity contribution in [1.82, 2.24) is 9.29 Å². The average Bonchev–Trinajstić information content (AvgIpc) is 3.58. The second-order valence-electron chi connectivity index (χ2n) is 9.64. The van der Waals surface area contributed by atoms with Crippen LogP contribution < -0.4 is 10.1 Å². The number of nitrogens with one attached hydrogen (secondary N) is 1. The van der Waals surface area contributed by atoms with E-state index in [0.29, 0.717) is 36.5 Å². The van der Waals surface area contributed by atoms with Crippen LogP contribution in [-0.2, 0) is 20.2 Å². The Hall–Kier alpha value is -3.30. The quantitative estimate of drug-likeness (QED) is 0.442. The van der Waals surface area contributed by atoms with Crippen molar-refractivity contribution in [2.75, 3.05) is 19.0 Å². The lowest BCUT2D eigenvalue weighted by molar-refractivity contribution is -0.118. The molecule has 1 atom stereocenters. The van der Waals surface area contributed by atoms with E-state index in [1.807, 2.05) is 6.92 Å². The SMILES string of the molecule is CC[C@H]1CCCN1S(=O)(=O)c1ccc(-c2cccc(NC(=O)C3(c4ccc(OC)c(F)c4)CC3)n2)cc1. The van der Waals surface area contributed by atoms with Crippen molar-refractivity contribution in [2.24, 2.45) is 0 Å². The van der Waals surface area contributed by atoms with Gasteiger partial charge in [0.25, 0.3) is 0 Å². The van der Waals surface area contributed by atoms with Gasteiger partial charge in [0, 0.05) is 18.2 Å². The summed E-state index contributed by atoms with van der Waals surface area (Å²) in [5.41, 5.74) is 1.17. The number of hydrogen-bond acceptors (Lipinski definition) is 5. The summed E-state index contributed by atoms with van der Waals surface area (Å²) in [6, 6.07) is 16.6. The molecule has 1 aromatic heterocycles. The van der Waals surface area contributed by atoms with Crippen molar-refractivity contribution < 1.29 is 22.3 Å². The molecule has 37 heavy (non-hydrogen) atoms. The smallest absolute Gasteiger partial charge is 0.243 e. The van der Waals surface area contributed by atoms with Gasteiger partial charge in [-0.2, -0.15) is 4.31 Å². The zero-order valence-electron chi connectivity index (χ0n) is 20.9. The molecule has 1 aliphatic carbocycles. The van der Waals surface area contributed by atoms with E-state index in [4.69, 9.17) is 4.74 Å². The zero-order chi connectivity index (χ0) is 26.2. The van der Waals surface area contributed by atoms with Crippen molar-refractivity contribution in [3.05, 3.63) is 72.0 Å².